The zero-order valence-corrected chi connectivity index (χ0v) is 22.4. The largest absolute Gasteiger partial charge is 0.510 e. The summed E-state index contributed by atoms with van der Waals surface area (Å²) in [5.74, 6) is -0.743. The van der Waals surface area contributed by atoms with Gasteiger partial charge in [-0.1, -0.05) is 55.0 Å². The van der Waals surface area contributed by atoms with Crippen LogP contribution >= 0.6 is 0 Å². The first-order valence-corrected chi connectivity index (χ1v) is 13.3. The van der Waals surface area contributed by atoms with Crippen molar-refractivity contribution < 1.29 is 23.8 Å². The first-order valence-electron chi connectivity index (χ1n) is 13.3. The van der Waals surface area contributed by atoms with Gasteiger partial charge in [0.05, 0.1) is 29.0 Å². The Hall–Kier alpha value is -4.50. The number of hydrogen-bond acceptors (Lipinski definition) is 8. The van der Waals surface area contributed by atoms with Gasteiger partial charge in [0.2, 0.25) is 5.60 Å². The van der Waals surface area contributed by atoms with E-state index in [1.807, 2.05) is 55.5 Å². The van der Waals surface area contributed by atoms with Crippen LogP contribution in [0.5, 0.6) is 0 Å². The summed E-state index contributed by atoms with van der Waals surface area (Å²) in [5.41, 5.74) is 10.2. The lowest BCUT2D eigenvalue weighted by Crippen LogP contribution is -2.47. The molecular formula is C31H29N3O6. The van der Waals surface area contributed by atoms with Crippen LogP contribution in [0, 0.1) is 6.92 Å². The fraction of sp³-hybridized carbons (Fsp3) is 0.290. The van der Waals surface area contributed by atoms with E-state index < -0.39 is 17.7 Å². The molecule has 0 spiro atoms. The maximum Gasteiger partial charge on any atom is 0.510 e. The third-order valence-electron chi connectivity index (χ3n) is 7.81. The summed E-state index contributed by atoms with van der Waals surface area (Å²) in [6.07, 6.45) is -0.343. The number of carbonyl (C=O) groups excluding carboxylic acids is 2. The van der Waals surface area contributed by atoms with Crippen molar-refractivity contribution in [3.63, 3.8) is 0 Å². The second-order valence-electron chi connectivity index (χ2n) is 10.2. The van der Waals surface area contributed by atoms with Gasteiger partial charge in [-0.2, -0.15) is 0 Å². The van der Waals surface area contributed by atoms with Gasteiger partial charge < -0.3 is 24.5 Å². The quantitative estimate of drug-likeness (QED) is 0.318. The lowest BCUT2D eigenvalue weighted by molar-refractivity contribution is -0.175. The number of nitrogens with zero attached hydrogens (tertiary/aromatic N) is 2. The van der Waals surface area contributed by atoms with Crippen LogP contribution in [0.2, 0.25) is 0 Å². The third kappa shape index (κ3) is 4.05. The number of pyridine rings is 2. The minimum Gasteiger partial charge on any atom is -0.457 e. The highest BCUT2D eigenvalue weighted by Crippen LogP contribution is 2.42. The normalized spacial score (nSPS) is 17.1. The molecule has 1 atom stereocenters. The van der Waals surface area contributed by atoms with Gasteiger partial charge in [0.25, 0.3) is 5.56 Å². The number of rotatable bonds is 6. The Balaban J connectivity index is 1.43. The molecule has 0 unspecified atom stereocenters. The first-order chi connectivity index (χ1) is 19.4. The van der Waals surface area contributed by atoms with Crippen molar-refractivity contribution in [2.75, 3.05) is 6.54 Å². The van der Waals surface area contributed by atoms with Gasteiger partial charge in [-0.15, -0.1) is 0 Å². The van der Waals surface area contributed by atoms with Crippen molar-refractivity contribution in [2.45, 2.75) is 52.0 Å². The maximum absolute atomic E-state index is 13.8. The van der Waals surface area contributed by atoms with Gasteiger partial charge in [-0.05, 0) is 49.6 Å². The van der Waals surface area contributed by atoms with Crippen molar-refractivity contribution in [2.24, 2.45) is 5.73 Å². The molecule has 40 heavy (non-hydrogen) atoms. The van der Waals surface area contributed by atoms with E-state index in [0.717, 1.165) is 33.2 Å². The van der Waals surface area contributed by atoms with Crippen LogP contribution in [0.1, 0.15) is 46.7 Å². The summed E-state index contributed by atoms with van der Waals surface area (Å²) in [7, 11) is 0. The monoisotopic (exact) mass is 539 g/mol. The Morgan fingerprint density at radius 2 is 1.90 bits per heavy atom. The van der Waals surface area contributed by atoms with Crippen molar-refractivity contribution in [1.29, 1.82) is 0 Å². The first kappa shape index (κ1) is 25.8. The molecule has 9 nitrogen and oxygen atoms in total. The Morgan fingerprint density at radius 1 is 1.12 bits per heavy atom. The van der Waals surface area contributed by atoms with Crippen molar-refractivity contribution in [1.82, 2.24) is 9.55 Å². The fourth-order valence-electron chi connectivity index (χ4n) is 5.70. The standard InChI is InChI=1S/C31H29N3O6/c1-3-31(40-30(37)39-16-19-10-8-18(2)9-11-19)24-14-26-27-22(15-34(26)28(35)23(24)17-38-29(31)36)20(12-13-32)21-6-4-5-7-25(21)33-27/h4-11,14H,3,12-13,15-17,32H2,1-2H3/t31-/m0/s1. The molecule has 0 saturated carbocycles. The van der Waals surface area contributed by atoms with Crippen molar-refractivity contribution >= 4 is 23.0 Å². The predicted octanol–water partition coefficient (Wildman–Crippen LogP) is 4.25. The number of cyclic esters (lactones) is 1. The average Bonchev–Trinajstić information content (AvgIpc) is 3.33. The maximum atomic E-state index is 13.8. The zero-order valence-electron chi connectivity index (χ0n) is 22.4. The number of aryl methyl sites for hydroxylation is 1. The molecule has 2 aromatic carbocycles. The van der Waals surface area contributed by atoms with E-state index >= 15 is 0 Å². The molecule has 2 aromatic heterocycles. The zero-order chi connectivity index (χ0) is 28.0. The van der Waals surface area contributed by atoms with Crippen molar-refractivity contribution in [3.8, 4) is 11.4 Å². The molecular weight excluding hydrogens is 510 g/mol. The molecule has 0 bridgehead atoms. The molecule has 0 amide bonds. The summed E-state index contributed by atoms with van der Waals surface area (Å²) in [5, 5.41) is 0.999. The van der Waals surface area contributed by atoms with Crippen LogP contribution in [-0.4, -0.2) is 28.2 Å². The summed E-state index contributed by atoms with van der Waals surface area (Å²) in [6.45, 7) is 4.21. The molecule has 6 rings (SSSR count). The van der Waals surface area contributed by atoms with Crippen LogP contribution in [0.15, 0.2) is 59.4 Å². The smallest absolute Gasteiger partial charge is 0.457 e. The fourth-order valence-corrected chi connectivity index (χ4v) is 5.70. The van der Waals surface area contributed by atoms with Crippen LogP contribution in [-0.2, 0) is 50.8 Å². The molecule has 9 heteroatoms. The molecule has 2 N–H and O–H groups in total. The number of aromatic nitrogens is 2. The average molecular weight is 540 g/mol. The predicted molar refractivity (Wildman–Crippen MR) is 148 cm³/mol. The molecule has 2 aliphatic heterocycles. The lowest BCUT2D eigenvalue weighted by Gasteiger charge is -2.35. The van der Waals surface area contributed by atoms with E-state index in [1.54, 1.807) is 17.6 Å². The number of para-hydroxylation sites is 1. The number of nitrogens with two attached hydrogens (primary N) is 1. The van der Waals surface area contributed by atoms with Crippen LogP contribution in [0.3, 0.4) is 0 Å². The topological polar surface area (TPSA) is 123 Å². The SMILES string of the molecule is CC[C@@]1(OC(=O)OCc2ccc(C)cc2)C(=O)OCc2c1cc1n(c2=O)Cc2c-1nc1ccccc1c2CCN. The number of benzene rings is 2. The molecule has 0 saturated heterocycles. The van der Waals surface area contributed by atoms with Gasteiger partial charge in [0, 0.05) is 16.5 Å². The van der Waals surface area contributed by atoms with E-state index in [-0.39, 0.29) is 30.8 Å². The van der Waals surface area contributed by atoms with Gasteiger partial charge in [-0.3, -0.25) is 4.79 Å². The third-order valence-corrected chi connectivity index (χ3v) is 7.81. The highest BCUT2D eigenvalue weighted by atomic mass is 16.7. The number of hydrogen-bond donors (Lipinski definition) is 1. The van der Waals surface area contributed by atoms with E-state index in [0.29, 0.717) is 36.5 Å². The Morgan fingerprint density at radius 3 is 2.65 bits per heavy atom. The number of ether oxygens (including phenoxy) is 3. The van der Waals surface area contributed by atoms with Gasteiger partial charge in [0.15, 0.2) is 0 Å². The lowest BCUT2D eigenvalue weighted by atomic mass is 9.85. The number of fused-ring (bicyclic) bond motifs is 5. The molecule has 4 aromatic rings. The van der Waals surface area contributed by atoms with Crippen LogP contribution in [0.4, 0.5) is 4.79 Å². The van der Waals surface area contributed by atoms with Gasteiger partial charge >= 0.3 is 12.1 Å². The minimum absolute atomic E-state index is 0.0258. The molecule has 0 radical (unpaired) electrons. The second-order valence-corrected chi connectivity index (χ2v) is 10.2. The van der Waals surface area contributed by atoms with E-state index in [4.69, 9.17) is 24.9 Å². The molecule has 204 valence electrons. The Kier molecular flexibility index (Phi) is 6.38. The van der Waals surface area contributed by atoms with E-state index in [1.165, 1.54) is 0 Å². The van der Waals surface area contributed by atoms with E-state index in [9.17, 15) is 14.4 Å². The van der Waals surface area contributed by atoms with Crippen molar-refractivity contribution in [3.05, 3.63) is 98.3 Å². The molecule has 0 fully saturated rings. The van der Waals surface area contributed by atoms with Crippen LogP contribution < -0.4 is 11.3 Å². The second kappa shape index (κ2) is 9.91. The highest BCUT2D eigenvalue weighted by Gasteiger charge is 2.51. The molecule has 4 heterocycles. The Labute approximate surface area is 230 Å². The summed E-state index contributed by atoms with van der Waals surface area (Å²) in [6, 6.07) is 17.1. The summed E-state index contributed by atoms with van der Waals surface area (Å²) >= 11 is 0. The number of esters is 1. The number of carbonyl (C=O) groups is 2. The van der Waals surface area contributed by atoms with E-state index in [2.05, 4.69) is 0 Å². The minimum atomic E-state index is -1.83. The molecule has 0 aliphatic carbocycles. The van der Waals surface area contributed by atoms with Gasteiger partial charge in [-0.25, -0.2) is 14.6 Å². The highest BCUT2D eigenvalue weighted by molar-refractivity contribution is 5.89. The van der Waals surface area contributed by atoms with Gasteiger partial charge in [0.1, 0.15) is 13.2 Å². The Bertz CT molecular complexity index is 1730. The summed E-state index contributed by atoms with van der Waals surface area (Å²) < 4.78 is 18.1. The van der Waals surface area contributed by atoms with Crippen LogP contribution in [0.25, 0.3) is 22.3 Å². The molecule has 2 aliphatic rings. The summed E-state index contributed by atoms with van der Waals surface area (Å²) in [4.78, 5) is 44.8.